The Morgan fingerprint density at radius 3 is 2.67 bits per heavy atom. The molecule has 0 fully saturated rings. The number of aromatic amines is 1. The first-order valence-corrected chi connectivity index (χ1v) is 10.2. The highest BCUT2D eigenvalue weighted by atomic mass is 16.6. The maximum Gasteiger partial charge on any atom is 0.308 e. The molecule has 8 nitrogen and oxygen atoms in total. The molecule has 5 aromatic rings. The van der Waals surface area contributed by atoms with Crippen LogP contribution in [0.4, 0.5) is 5.69 Å². The number of ether oxygens (including phenoxy) is 2. The first-order valence-electron chi connectivity index (χ1n) is 10.2. The summed E-state index contributed by atoms with van der Waals surface area (Å²) < 4.78 is 16.9. The van der Waals surface area contributed by atoms with Crippen molar-refractivity contribution in [3.8, 4) is 22.6 Å². The lowest BCUT2D eigenvalue weighted by atomic mass is 9.98. The maximum absolute atomic E-state index is 11.4. The van der Waals surface area contributed by atoms with E-state index < -0.39 is 10.9 Å². The van der Waals surface area contributed by atoms with Crippen molar-refractivity contribution < 1.29 is 23.6 Å². The Morgan fingerprint density at radius 2 is 1.88 bits per heavy atom. The van der Waals surface area contributed by atoms with Crippen molar-refractivity contribution in [2.75, 3.05) is 0 Å². The van der Waals surface area contributed by atoms with Crippen molar-refractivity contribution >= 4 is 33.5 Å². The second-order valence-electron chi connectivity index (χ2n) is 7.47. The fourth-order valence-corrected chi connectivity index (χ4v) is 3.91. The number of esters is 1. The van der Waals surface area contributed by atoms with Gasteiger partial charge < -0.3 is 18.9 Å². The molecule has 0 saturated carbocycles. The average Bonchev–Trinajstić information content (AvgIpc) is 3.44. The summed E-state index contributed by atoms with van der Waals surface area (Å²) in [6.45, 7) is 1.55. The topological polar surface area (TPSA) is 108 Å². The van der Waals surface area contributed by atoms with E-state index in [2.05, 4.69) is 4.98 Å². The van der Waals surface area contributed by atoms with Gasteiger partial charge in [0.25, 0.3) is 5.69 Å². The van der Waals surface area contributed by atoms with Crippen LogP contribution in [-0.4, -0.2) is 15.9 Å². The van der Waals surface area contributed by atoms with Gasteiger partial charge in [0.1, 0.15) is 12.2 Å². The van der Waals surface area contributed by atoms with Crippen molar-refractivity contribution in [2.24, 2.45) is 0 Å². The minimum absolute atomic E-state index is 0.0177. The molecule has 8 heteroatoms. The Bertz CT molecular complexity index is 1510. The molecule has 0 atom stereocenters. The Morgan fingerprint density at radius 1 is 1.06 bits per heavy atom. The van der Waals surface area contributed by atoms with Crippen LogP contribution in [0.15, 0.2) is 77.5 Å². The molecule has 0 unspecified atom stereocenters. The highest BCUT2D eigenvalue weighted by Gasteiger charge is 2.19. The largest absolute Gasteiger partial charge is 0.485 e. The highest BCUT2D eigenvalue weighted by Crippen LogP contribution is 2.38. The molecule has 0 amide bonds. The number of para-hydroxylation sites is 3. The van der Waals surface area contributed by atoms with Crippen LogP contribution in [0, 0.1) is 10.1 Å². The first-order chi connectivity index (χ1) is 16.0. The standard InChI is InChI=1S/C25H18N2O6/c1-15(28)33-23-8-3-2-7-22(23)32-14-16-11-17-9-10-31-25(17)20(12-16)18-5-4-6-19-21(27(29)30)13-26-24(18)19/h2-13,26H,14H2,1H3. The zero-order valence-electron chi connectivity index (χ0n) is 17.5. The van der Waals surface area contributed by atoms with Gasteiger partial charge in [-0.05, 0) is 42.0 Å². The predicted molar refractivity (Wildman–Crippen MR) is 122 cm³/mol. The van der Waals surface area contributed by atoms with Crippen LogP contribution in [0.5, 0.6) is 11.5 Å². The number of carbonyl (C=O) groups is 1. The summed E-state index contributed by atoms with van der Waals surface area (Å²) in [4.78, 5) is 25.4. The van der Waals surface area contributed by atoms with E-state index in [0.717, 1.165) is 22.1 Å². The Labute approximate surface area is 187 Å². The average molecular weight is 442 g/mol. The number of nitrogens with zero attached hydrogens (tertiary/aromatic N) is 1. The van der Waals surface area contributed by atoms with Crippen LogP contribution in [0.2, 0.25) is 0 Å². The molecule has 0 radical (unpaired) electrons. The van der Waals surface area contributed by atoms with Gasteiger partial charge in [-0.15, -0.1) is 0 Å². The molecule has 1 N–H and O–H groups in total. The summed E-state index contributed by atoms with van der Waals surface area (Å²) in [6.07, 6.45) is 3.00. The second-order valence-corrected chi connectivity index (χ2v) is 7.47. The van der Waals surface area contributed by atoms with E-state index in [1.54, 1.807) is 42.7 Å². The summed E-state index contributed by atoms with van der Waals surface area (Å²) in [7, 11) is 0. The summed E-state index contributed by atoms with van der Waals surface area (Å²) in [5.41, 5.74) is 3.76. The number of nitrogens with one attached hydrogen (secondary N) is 1. The number of nitro groups is 1. The van der Waals surface area contributed by atoms with Crippen LogP contribution < -0.4 is 9.47 Å². The Kier molecular flexibility index (Phi) is 5.02. The second kappa shape index (κ2) is 8.16. The number of rotatable bonds is 6. The molecular weight excluding hydrogens is 424 g/mol. The van der Waals surface area contributed by atoms with Gasteiger partial charge in [0.05, 0.1) is 28.3 Å². The molecule has 0 spiro atoms. The van der Waals surface area contributed by atoms with E-state index in [9.17, 15) is 14.9 Å². The minimum atomic E-state index is -0.429. The number of hydrogen-bond acceptors (Lipinski definition) is 6. The van der Waals surface area contributed by atoms with Crippen LogP contribution >= 0.6 is 0 Å². The van der Waals surface area contributed by atoms with Crippen molar-refractivity contribution in [2.45, 2.75) is 13.5 Å². The SMILES string of the molecule is CC(=O)Oc1ccccc1OCc1cc(-c2cccc3c([N+](=O)[O-])c[nH]c23)c2occc2c1. The number of aromatic nitrogens is 1. The number of carbonyl (C=O) groups excluding carboxylic acids is 1. The molecule has 0 aliphatic rings. The number of hydrogen-bond donors (Lipinski definition) is 1. The zero-order chi connectivity index (χ0) is 22.9. The number of fused-ring (bicyclic) bond motifs is 2. The van der Waals surface area contributed by atoms with E-state index in [-0.39, 0.29) is 12.3 Å². The summed E-state index contributed by atoms with van der Waals surface area (Å²) in [6, 6.07) is 18.1. The van der Waals surface area contributed by atoms with E-state index in [1.165, 1.54) is 13.1 Å². The summed E-state index contributed by atoms with van der Waals surface area (Å²) >= 11 is 0. The lowest BCUT2D eigenvalue weighted by Gasteiger charge is -2.12. The summed E-state index contributed by atoms with van der Waals surface area (Å²) in [5, 5.41) is 12.8. The van der Waals surface area contributed by atoms with Crippen LogP contribution in [0.25, 0.3) is 33.0 Å². The molecule has 2 heterocycles. The van der Waals surface area contributed by atoms with Crippen molar-refractivity contribution in [1.29, 1.82) is 0 Å². The Hall–Kier alpha value is -4.59. The summed E-state index contributed by atoms with van der Waals surface area (Å²) in [5.74, 6) is 0.364. The van der Waals surface area contributed by atoms with Crippen molar-refractivity contribution in [3.05, 3.63) is 88.8 Å². The molecule has 3 aromatic carbocycles. The van der Waals surface area contributed by atoms with Gasteiger partial charge in [0.15, 0.2) is 11.5 Å². The Balaban J connectivity index is 1.56. The van der Waals surface area contributed by atoms with E-state index >= 15 is 0 Å². The van der Waals surface area contributed by atoms with Crippen LogP contribution in [0.1, 0.15) is 12.5 Å². The van der Waals surface area contributed by atoms with Crippen molar-refractivity contribution in [1.82, 2.24) is 4.98 Å². The highest BCUT2D eigenvalue weighted by molar-refractivity contribution is 6.04. The monoisotopic (exact) mass is 442 g/mol. The molecule has 33 heavy (non-hydrogen) atoms. The van der Waals surface area contributed by atoms with Crippen LogP contribution in [0.3, 0.4) is 0 Å². The van der Waals surface area contributed by atoms with E-state index in [4.69, 9.17) is 13.9 Å². The molecular formula is C25H18N2O6. The van der Waals surface area contributed by atoms with E-state index in [0.29, 0.717) is 28.0 Å². The lowest BCUT2D eigenvalue weighted by molar-refractivity contribution is -0.383. The molecule has 0 bridgehead atoms. The van der Waals surface area contributed by atoms with Gasteiger partial charge in [0, 0.05) is 23.4 Å². The molecule has 164 valence electrons. The molecule has 2 aromatic heterocycles. The molecule has 0 aliphatic heterocycles. The zero-order valence-corrected chi connectivity index (χ0v) is 17.5. The minimum Gasteiger partial charge on any atom is -0.485 e. The van der Waals surface area contributed by atoms with Gasteiger partial charge in [-0.1, -0.05) is 24.3 Å². The normalized spacial score (nSPS) is 11.1. The van der Waals surface area contributed by atoms with Crippen molar-refractivity contribution in [3.63, 3.8) is 0 Å². The maximum atomic E-state index is 11.4. The van der Waals surface area contributed by atoms with Gasteiger partial charge in [-0.2, -0.15) is 0 Å². The number of H-pyrrole nitrogens is 1. The van der Waals surface area contributed by atoms with E-state index in [1.807, 2.05) is 24.3 Å². The third-order valence-electron chi connectivity index (χ3n) is 5.29. The fourth-order valence-electron chi connectivity index (χ4n) is 3.91. The first kappa shape index (κ1) is 20.3. The quantitative estimate of drug-likeness (QED) is 0.150. The number of benzene rings is 3. The van der Waals surface area contributed by atoms with Gasteiger partial charge >= 0.3 is 5.97 Å². The molecule has 0 aliphatic carbocycles. The third kappa shape index (κ3) is 3.78. The fraction of sp³-hybridized carbons (Fsp3) is 0.0800. The number of furan rings is 1. The third-order valence-corrected chi connectivity index (χ3v) is 5.29. The van der Waals surface area contributed by atoms with Gasteiger partial charge in [0.2, 0.25) is 0 Å². The van der Waals surface area contributed by atoms with Gasteiger partial charge in [-0.3, -0.25) is 14.9 Å². The molecule has 5 rings (SSSR count). The lowest BCUT2D eigenvalue weighted by Crippen LogP contribution is -2.04. The van der Waals surface area contributed by atoms with Crippen LogP contribution in [-0.2, 0) is 11.4 Å². The van der Waals surface area contributed by atoms with Gasteiger partial charge in [-0.25, -0.2) is 0 Å². The smallest absolute Gasteiger partial charge is 0.308 e. The molecule has 0 saturated heterocycles. The predicted octanol–water partition coefficient (Wildman–Crippen LogP) is 5.99.